The zero-order valence-corrected chi connectivity index (χ0v) is 12.5. The average molecular weight is 291 g/mol. The Morgan fingerprint density at radius 2 is 2.00 bits per heavy atom. The molecule has 0 aromatic heterocycles. The summed E-state index contributed by atoms with van der Waals surface area (Å²) in [5, 5.41) is 1.14. The lowest BCUT2D eigenvalue weighted by Crippen LogP contribution is -2.42. The van der Waals surface area contributed by atoms with Gasteiger partial charge >= 0.3 is 0 Å². The molecule has 0 bridgehead atoms. The van der Waals surface area contributed by atoms with Gasteiger partial charge < -0.3 is 4.74 Å². The highest BCUT2D eigenvalue weighted by atomic mass is 35.5. The number of nitrogens with one attached hydrogen (secondary N) is 1. The molecule has 0 radical (unpaired) electrons. The second kappa shape index (κ2) is 6.73. The third-order valence-electron chi connectivity index (χ3n) is 2.45. The van der Waals surface area contributed by atoms with Crippen LogP contribution in [0.2, 0.25) is 10.0 Å². The fraction of sp³-hybridized carbons (Fsp3) is 0.538. The number of hydrogen-bond acceptors (Lipinski definition) is 3. The number of rotatable bonds is 5. The first kappa shape index (κ1) is 15.7. The normalized spacial score (nSPS) is 13.7. The Morgan fingerprint density at radius 3 is 2.56 bits per heavy atom. The first-order valence-electron chi connectivity index (χ1n) is 5.86. The van der Waals surface area contributed by atoms with E-state index in [-0.39, 0.29) is 11.6 Å². The Balaban J connectivity index is 2.65. The van der Waals surface area contributed by atoms with Gasteiger partial charge in [-0.15, -0.1) is 0 Å². The van der Waals surface area contributed by atoms with Crippen molar-refractivity contribution >= 4 is 23.2 Å². The molecule has 3 nitrogen and oxygen atoms in total. The average Bonchev–Trinajstić information content (AvgIpc) is 2.28. The van der Waals surface area contributed by atoms with Gasteiger partial charge in [-0.3, -0.25) is 11.3 Å². The van der Waals surface area contributed by atoms with Crippen LogP contribution < -0.4 is 11.3 Å². The Labute approximate surface area is 119 Å². The van der Waals surface area contributed by atoms with Crippen molar-refractivity contribution in [3.63, 3.8) is 0 Å². The number of nitrogens with two attached hydrogens (primary N) is 1. The van der Waals surface area contributed by atoms with Crippen LogP contribution in [0, 0.1) is 0 Å². The fourth-order valence-corrected chi connectivity index (χ4v) is 1.89. The van der Waals surface area contributed by atoms with Crippen LogP contribution in [0.25, 0.3) is 0 Å². The lowest BCUT2D eigenvalue weighted by Gasteiger charge is -2.24. The van der Waals surface area contributed by atoms with Crippen molar-refractivity contribution in [2.75, 3.05) is 6.61 Å². The first-order valence-corrected chi connectivity index (χ1v) is 6.62. The highest BCUT2D eigenvalue weighted by Gasteiger charge is 2.16. The predicted molar refractivity (Wildman–Crippen MR) is 77.0 cm³/mol. The maximum absolute atomic E-state index is 6.14. The number of benzene rings is 1. The summed E-state index contributed by atoms with van der Waals surface area (Å²) in [6.07, 6.45) is 0.673. The van der Waals surface area contributed by atoms with Crippen molar-refractivity contribution in [1.29, 1.82) is 0 Å². The maximum atomic E-state index is 6.14. The second-order valence-corrected chi connectivity index (χ2v) is 5.99. The minimum absolute atomic E-state index is 0.000177. The molecule has 1 aromatic rings. The topological polar surface area (TPSA) is 47.3 Å². The molecule has 5 heteroatoms. The zero-order valence-electron chi connectivity index (χ0n) is 11.0. The molecule has 0 heterocycles. The minimum atomic E-state index is -0.187. The van der Waals surface area contributed by atoms with Crippen molar-refractivity contribution in [1.82, 2.24) is 5.43 Å². The van der Waals surface area contributed by atoms with E-state index >= 15 is 0 Å². The molecule has 0 aliphatic rings. The molecule has 18 heavy (non-hydrogen) atoms. The Morgan fingerprint density at radius 1 is 1.33 bits per heavy atom. The monoisotopic (exact) mass is 290 g/mol. The smallest absolute Gasteiger partial charge is 0.0643 e. The van der Waals surface area contributed by atoms with Crippen LogP contribution in [0.1, 0.15) is 26.3 Å². The molecule has 0 fully saturated rings. The van der Waals surface area contributed by atoms with Crippen LogP contribution in [0.5, 0.6) is 0 Å². The van der Waals surface area contributed by atoms with E-state index in [1.165, 1.54) is 0 Å². The van der Waals surface area contributed by atoms with Crippen molar-refractivity contribution in [3.05, 3.63) is 33.8 Å². The Bertz CT molecular complexity index is 391. The molecular formula is C13H20Cl2N2O. The standard InChI is InChI=1S/C13H20Cl2N2O/c1-13(2,3)18-8-10(17-16)7-9-5-4-6-11(14)12(9)15/h4-6,10,17H,7-8,16H2,1-3H3. The first-order chi connectivity index (χ1) is 8.33. The summed E-state index contributed by atoms with van der Waals surface area (Å²) >= 11 is 12.1. The zero-order chi connectivity index (χ0) is 13.8. The van der Waals surface area contributed by atoms with Gasteiger partial charge in [0.15, 0.2) is 0 Å². The van der Waals surface area contributed by atoms with E-state index in [4.69, 9.17) is 33.8 Å². The Hall–Kier alpha value is -0.320. The van der Waals surface area contributed by atoms with E-state index < -0.39 is 0 Å². The van der Waals surface area contributed by atoms with Gasteiger partial charge in [0.2, 0.25) is 0 Å². The van der Waals surface area contributed by atoms with Crippen molar-refractivity contribution in [2.45, 2.75) is 38.8 Å². The van der Waals surface area contributed by atoms with E-state index in [1.54, 1.807) is 6.07 Å². The van der Waals surface area contributed by atoms with Crippen molar-refractivity contribution in [3.8, 4) is 0 Å². The predicted octanol–water partition coefficient (Wildman–Crippen LogP) is 3.18. The number of hydrogen-bond donors (Lipinski definition) is 2. The lowest BCUT2D eigenvalue weighted by atomic mass is 10.1. The van der Waals surface area contributed by atoms with Gasteiger partial charge in [0.25, 0.3) is 0 Å². The molecule has 0 saturated carbocycles. The van der Waals surface area contributed by atoms with E-state index in [0.29, 0.717) is 23.1 Å². The highest BCUT2D eigenvalue weighted by Crippen LogP contribution is 2.26. The summed E-state index contributed by atoms with van der Waals surface area (Å²) in [4.78, 5) is 0. The largest absolute Gasteiger partial charge is 0.374 e. The molecule has 3 N–H and O–H groups in total. The molecule has 0 saturated heterocycles. The molecule has 1 aromatic carbocycles. The van der Waals surface area contributed by atoms with E-state index in [1.807, 2.05) is 32.9 Å². The molecule has 0 spiro atoms. The fourth-order valence-electron chi connectivity index (χ4n) is 1.49. The van der Waals surface area contributed by atoms with Gasteiger partial charge in [-0.25, -0.2) is 0 Å². The molecule has 0 amide bonds. The summed E-state index contributed by atoms with van der Waals surface area (Å²) in [5.74, 6) is 5.53. The SMILES string of the molecule is CC(C)(C)OCC(Cc1cccc(Cl)c1Cl)NN. The molecule has 0 aliphatic heterocycles. The molecular weight excluding hydrogens is 271 g/mol. The van der Waals surface area contributed by atoms with Gasteiger partial charge in [0, 0.05) is 6.04 Å². The number of ether oxygens (including phenoxy) is 1. The van der Waals surface area contributed by atoms with Gasteiger partial charge in [-0.1, -0.05) is 35.3 Å². The van der Waals surface area contributed by atoms with Crippen molar-refractivity contribution < 1.29 is 4.74 Å². The summed E-state index contributed by atoms with van der Waals surface area (Å²) < 4.78 is 5.71. The lowest BCUT2D eigenvalue weighted by molar-refractivity contribution is -0.0143. The van der Waals surface area contributed by atoms with Crippen LogP contribution in [0.3, 0.4) is 0 Å². The highest BCUT2D eigenvalue weighted by molar-refractivity contribution is 6.42. The molecule has 102 valence electrons. The summed E-state index contributed by atoms with van der Waals surface area (Å²) in [6, 6.07) is 5.58. The van der Waals surface area contributed by atoms with Crippen LogP contribution in [-0.4, -0.2) is 18.2 Å². The van der Waals surface area contributed by atoms with E-state index in [2.05, 4.69) is 5.43 Å². The Kier molecular flexibility index (Phi) is 5.89. The summed E-state index contributed by atoms with van der Waals surface area (Å²) in [5.41, 5.74) is 3.52. The summed E-state index contributed by atoms with van der Waals surface area (Å²) in [6.45, 7) is 6.54. The van der Waals surface area contributed by atoms with Gasteiger partial charge in [-0.2, -0.15) is 0 Å². The van der Waals surface area contributed by atoms with Crippen LogP contribution in [-0.2, 0) is 11.2 Å². The third-order valence-corrected chi connectivity index (χ3v) is 3.31. The number of hydrazine groups is 1. The van der Waals surface area contributed by atoms with Gasteiger partial charge in [0.1, 0.15) is 0 Å². The number of halogens is 2. The quantitative estimate of drug-likeness (QED) is 0.647. The van der Waals surface area contributed by atoms with E-state index in [9.17, 15) is 0 Å². The van der Waals surface area contributed by atoms with Crippen LogP contribution in [0.4, 0.5) is 0 Å². The molecule has 1 rings (SSSR count). The maximum Gasteiger partial charge on any atom is 0.0643 e. The van der Waals surface area contributed by atoms with Crippen molar-refractivity contribution in [2.24, 2.45) is 5.84 Å². The summed E-state index contributed by atoms with van der Waals surface area (Å²) in [7, 11) is 0. The van der Waals surface area contributed by atoms with Crippen LogP contribution in [0.15, 0.2) is 18.2 Å². The second-order valence-electron chi connectivity index (χ2n) is 5.20. The molecule has 1 atom stereocenters. The minimum Gasteiger partial charge on any atom is -0.374 e. The molecule has 0 aliphatic carbocycles. The third kappa shape index (κ3) is 5.12. The van der Waals surface area contributed by atoms with E-state index in [0.717, 1.165) is 5.56 Å². The van der Waals surface area contributed by atoms with Gasteiger partial charge in [-0.05, 0) is 38.8 Å². The van der Waals surface area contributed by atoms with Crippen LogP contribution >= 0.6 is 23.2 Å². The van der Waals surface area contributed by atoms with Gasteiger partial charge in [0.05, 0.1) is 22.3 Å². The molecule has 1 unspecified atom stereocenters.